The quantitative estimate of drug-likeness (QED) is 0.441. The Morgan fingerprint density at radius 3 is 2.37 bits per heavy atom. The number of nitrogens with two attached hydrogens (primary N) is 1. The standard InChI is InChI=1S/C26H41N3.ClH/c27-17-9-18-28-19-16-23(21-10-3-1-4-11-21)25-20-29(22-12-5-2-6-13-22)26-15-8-7-14-24(25)26;/h7-8,14-15,20-23,28H,1-6,9-13,16-19,27H2;1H. The third kappa shape index (κ3) is 5.60. The maximum atomic E-state index is 5.67. The molecule has 0 saturated heterocycles. The van der Waals surface area contributed by atoms with Gasteiger partial charge in [0.15, 0.2) is 0 Å². The number of hydrogen-bond donors (Lipinski definition) is 2. The lowest BCUT2D eigenvalue weighted by atomic mass is 9.75. The van der Waals surface area contributed by atoms with Gasteiger partial charge in [0, 0.05) is 23.1 Å². The number of aromatic nitrogens is 1. The average Bonchev–Trinajstić information content (AvgIpc) is 3.17. The van der Waals surface area contributed by atoms with Gasteiger partial charge >= 0.3 is 0 Å². The van der Waals surface area contributed by atoms with Crippen molar-refractivity contribution in [3.63, 3.8) is 0 Å². The SMILES string of the molecule is Cl.NCCCNCCC(c1cn(C2CCCCC2)c2ccccc12)C1CCCCC1. The Bertz CT molecular complexity index is 744. The van der Waals surface area contributed by atoms with Crippen LogP contribution in [0.4, 0.5) is 0 Å². The van der Waals surface area contributed by atoms with Gasteiger partial charge in [0.05, 0.1) is 0 Å². The zero-order valence-corrected chi connectivity index (χ0v) is 19.5. The largest absolute Gasteiger partial charge is 0.344 e. The summed E-state index contributed by atoms with van der Waals surface area (Å²) in [6.07, 6.45) is 18.9. The number of para-hydroxylation sites is 1. The lowest BCUT2D eigenvalue weighted by Gasteiger charge is -2.31. The minimum Gasteiger partial charge on any atom is -0.344 e. The Balaban J connectivity index is 0.00000256. The van der Waals surface area contributed by atoms with Crippen molar-refractivity contribution in [3.05, 3.63) is 36.0 Å². The summed E-state index contributed by atoms with van der Waals surface area (Å²) in [6.45, 7) is 2.95. The monoisotopic (exact) mass is 431 g/mol. The predicted molar refractivity (Wildman–Crippen MR) is 132 cm³/mol. The van der Waals surface area contributed by atoms with Crippen LogP contribution in [0.2, 0.25) is 0 Å². The number of fused-ring (bicyclic) bond motifs is 1. The fourth-order valence-electron chi connectivity index (χ4n) is 5.98. The van der Waals surface area contributed by atoms with Crippen molar-refractivity contribution in [2.75, 3.05) is 19.6 Å². The molecule has 3 nitrogen and oxygen atoms in total. The van der Waals surface area contributed by atoms with Crippen molar-refractivity contribution in [1.82, 2.24) is 9.88 Å². The van der Waals surface area contributed by atoms with E-state index in [1.54, 1.807) is 5.56 Å². The highest BCUT2D eigenvalue weighted by atomic mass is 35.5. The number of rotatable bonds is 9. The highest BCUT2D eigenvalue weighted by Gasteiger charge is 2.28. The molecule has 0 amide bonds. The molecule has 2 aliphatic carbocycles. The molecular weight excluding hydrogens is 390 g/mol. The van der Waals surface area contributed by atoms with Crippen molar-refractivity contribution in [3.8, 4) is 0 Å². The summed E-state index contributed by atoms with van der Waals surface area (Å²) in [5.41, 5.74) is 8.79. The predicted octanol–water partition coefficient (Wildman–Crippen LogP) is 6.56. The summed E-state index contributed by atoms with van der Waals surface area (Å²) < 4.78 is 2.67. The number of nitrogens with one attached hydrogen (secondary N) is 1. The first kappa shape index (κ1) is 23.6. The first-order valence-corrected chi connectivity index (χ1v) is 12.4. The van der Waals surface area contributed by atoms with Crippen molar-refractivity contribution in [2.24, 2.45) is 11.7 Å². The summed E-state index contributed by atoms with van der Waals surface area (Å²) in [6, 6.07) is 9.94. The van der Waals surface area contributed by atoms with Crippen LogP contribution in [-0.4, -0.2) is 24.2 Å². The van der Waals surface area contributed by atoms with E-state index in [2.05, 4.69) is 40.3 Å². The summed E-state index contributed by atoms with van der Waals surface area (Å²) >= 11 is 0. The molecule has 168 valence electrons. The van der Waals surface area contributed by atoms with Crippen LogP contribution >= 0.6 is 12.4 Å². The van der Waals surface area contributed by atoms with Crippen molar-refractivity contribution in [2.45, 2.75) is 89.0 Å². The molecule has 2 saturated carbocycles. The molecular formula is C26H42ClN3. The van der Waals surface area contributed by atoms with Gasteiger partial charge in [-0.1, -0.05) is 56.7 Å². The lowest BCUT2D eigenvalue weighted by Crippen LogP contribution is -2.24. The molecule has 1 heterocycles. The van der Waals surface area contributed by atoms with Gasteiger partial charge in [-0.25, -0.2) is 0 Å². The van der Waals surface area contributed by atoms with Gasteiger partial charge in [-0.05, 0) is 81.6 Å². The Morgan fingerprint density at radius 1 is 0.933 bits per heavy atom. The van der Waals surface area contributed by atoms with E-state index in [0.717, 1.165) is 32.0 Å². The molecule has 4 heteroatoms. The van der Waals surface area contributed by atoms with Crippen LogP contribution in [-0.2, 0) is 0 Å². The van der Waals surface area contributed by atoms with Crippen LogP contribution < -0.4 is 11.1 Å². The zero-order valence-electron chi connectivity index (χ0n) is 18.7. The summed E-state index contributed by atoms with van der Waals surface area (Å²) in [4.78, 5) is 0. The van der Waals surface area contributed by atoms with Crippen LogP contribution in [0.25, 0.3) is 10.9 Å². The summed E-state index contributed by atoms with van der Waals surface area (Å²) in [5.74, 6) is 1.54. The van der Waals surface area contributed by atoms with E-state index in [1.807, 2.05) is 0 Å². The zero-order chi connectivity index (χ0) is 19.9. The van der Waals surface area contributed by atoms with Crippen LogP contribution in [0.5, 0.6) is 0 Å². The van der Waals surface area contributed by atoms with E-state index in [-0.39, 0.29) is 12.4 Å². The molecule has 2 fully saturated rings. The number of benzene rings is 1. The molecule has 1 unspecified atom stereocenters. The molecule has 0 aliphatic heterocycles. The molecule has 1 aromatic heterocycles. The van der Waals surface area contributed by atoms with E-state index < -0.39 is 0 Å². The maximum absolute atomic E-state index is 5.67. The van der Waals surface area contributed by atoms with Gasteiger partial charge in [-0.2, -0.15) is 0 Å². The van der Waals surface area contributed by atoms with Crippen molar-refractivity contribution < 1.29 is 0 Å². The molecule has 1 atom stereocenters. The Morgan fingerprint density at radius 2 is 1.63 bits per heavy atom. The molecule has 3 N–H and O–H groups in total. The van der Waals surface area contributed by atoms with Gasteiger partial charge in [0.25, 0.3) is 0 Å². The normalized spacial score (nSPS) is 19.6. The van der Waals surface area contributed by atoms with Gasteiger partial charge in [-0.15, -0.1) is 12.4 Å². The van der Waals surface area contributed by atoms with E-state index >= 15 is 0 Å². The highest BCUT2D eigenvalue weighted by Crippen LogP contribution is 2.43. The lowest BCUT2D eigenvalue weighted by molar-refractivity contribution is 0.292. The Kier molecular flexibility index (Phi) is 9.55. The van der Waals surface area contributed by atoms with Gasteiger partial charge in [0.1, 0.15) is 0 Å². The minimum absolute atomic E-state index is 0. The van der Waals surface area contributed by atoms with Crippen LogP contribution in [0.1, 0.15) is 94.6 Å². The second kappa shape index (κ2) is 12.1. The van der Waals surface area contributed by atoms with E-state index in [0.29, 0.717) is 12.0 Å². The van der Waals surface area contributed by atoms with E-state index in [9.17, 15) is 0 Å². The van der Waals surface area contributed by atoms with E-state index in [1.165, 1.54) is 81.5 Å². The van der Waals surface area contributed by atoms with Crippen LogP contribution in [0, 0.1) is 5.92 Å². The van der Waals surface area contributed by atoms with E-state index in [4.69, 9.17) is 5.73 Å². The molecule has 0 spiro atoms. The molecule has 2 aliphatic rings. The first-order valence-electron chi connectivity index (χ1n) is 12.4. The van der Waals surface area contributed by atoms with Crippen molar-refractivity contribution >= 4 is 23.3 Å². The minimum atomic E-state index is 0. The molecule has 30 heavy (non-hydrogen) atoms. The number of nitrogens with zero attached hydrogens (tertiary/aromatic N) is 1. The smallest absolute Gasteiger partial charge is 0.0485 e. The van der Waals surface area contributed by atoms with Gasteiger partial charge in [0.2, 0.25) is 0 Å². The fourth-order valence-corrected chi connectivity index (χ4v) is 5.98. The summed E-state index contributed by atoms with van der Waals surface area (Å²) in [5, 5.41) is 5.18. The Labute approximate surface area is 189 Å². The average molecular weight is 432 g/mol. The second-order valence-electron chi connectivity index (χ2n) is 9.49. The molecule has 2 aromatic rings. The van der Waals surface area contributed by atoms with Crippen molar-refractivity contribution in [1.29, 1.82) is 0 Å². The van der Waals surface area contributed by atoms with Gasteiger partial charge < -0.3 is 15.6 Å². The first-order chi connectivity index (χ1) is 14.4. The van der Waals surface area contributed by atoms with Crippen LogP contribution in [0.15, 0.2) is 30.5 Å². The molecule has 1 aromatic carbocycles. The third-order valence-corrected chi connectivity index (χ3v) is 7.55. The van der Waals surface area contributed by atoms with Crippen LogP contribution in [0.3, 0.4) is 0 Å². The highest BCUT2D eigenvalue weighted by molar-refractivity contribution is 5.85. The number of halogens is 1. The molecule has 0 radical (unpaired) electrons. The second-order valence-corrected chi connectivity index (χ2v) is 9.49. The molecule has 4 rings (SSSR count). The van der Waals surface area contributed by atoms with Gasteiger partial charge in [-0.3, -0.25) is 0 Å². The Hall–Kier alpha value is -1.03. The molecule has 0 bridgehead atoms. The third-order valence-electron chi connectivity index (χ3n) is 7.55. The summed E-state index contributed by atoms with van der Waals surface area (Å²) in [7, 11) is 0. The maximum Gasteiger partial charge on any atom is 0.0485 e. The number of hydrogen-bond acceptors (Lipinski definition) is 2. The fraction of sp³-hybridized carbons (Fsp3) is 0.692. The topological polar surface area (TPSA) is 43.0 Å².